The number of carbonyl (C=O) groups is 1. The predicted octanol–water partition coefficient (Wildman–Crippen LogP) is 7.00. The number of ether oxygens (including phenoxy) is 1. The Bertz CT molecular complexity index is 1900. The standard InChI is InChI=1S/C30H18Br2N4O5/c31-22-16-21(28(25(32)17-22)41-27(37)15-12-19-10-13-23(14-11-19)36(39)40)18-33-35-29(20-6-2-1-3-7-20)34-26-9-5-4-8-24(26)30(35)38/h1-18H/b15-12+,33-18?. The lowest BCUT2D eigenvalue weighted by molar-refractivity contribution is -0.384. The van der Waals surface area contributed by atoms with Gasteiger partial charge in [0.1, 0.15) is 0 Å². The third kappa shape index (κ3) is 6.37. The molecule has 0 aliphatic heterocycles. The number of hydrogen-bond donors (Lipinski definition) is 0. The SMILES string of the molecule is O=C(/C=C/c1ccc([N+](=O)[O-])cc1)Oc1c(Br)cc(Br)cc1C=Nn1c(-c2ccccc2)nc2ccccc2c1=O. The summed E-state index contributed by atoms with van der Waals surface area (Å²) in [7, 11) is 0. The summed E-state index contributed by atoms with van der Waals surface area (Å²) in [4.78, 5) is 41.2. The quantitative estimate of drug-likeness (QED) is 0.0459. The van der Waals surface area contributed by atoms with Crippen molar-refractivity contribution in [3.63, 3.8) is 0 Å². The molecule has 0 aliphatic carbocycles. The van der Waals surface area contributed by atoms with Crippen LogP contribution in [0.4, 0.5) is 5.69 Å². The second kappa shape index (κ2) is 12.2. The number of nitro groups is 1. The fraction of sp³-hybridized carbons (Fsp3) is 0. The number of nitro benzene ring substituents is 1. The molecule has 0 saturated heterocycles. The van der Waals surface area contributed by atoms with Crippen molar-refractivity contribution in [3.8, 4) is 17.1 Å². The highest BCUT2D eigenvalue weighted by Crippen LogP contribution is 2.32. The minimum absolute atomic E-state index is 0.0522. The maximum absolute atomic E-state index is 13.5. The number of aromatic nitrogens is 2. The maximum Gasteiger partial charge on any atom is 0.336 e. The van der Waals surface area contributed by atoms with Crippen LogP contribution < -0.4 is 10.3 Å². The Morgan fingerprint density at radius 3 is 2.41 bits per heavy atom. The molecule has 202 valence electrons. The summed E-state index contributed by atoms with van der Waals surface area (Å²) in [6.07, 6.45) is 4.11. The van der Waals surface area contributed by atoms with Crippen molar-refractivity contribution in [1.82, 2.24) is 9.66 Å². The van der Waals surface area contributed by atoms with Crippen molar-refractivity contribution in [2.45, 2.75) is 0 Å². The van der Waals surface area contributed by atoms with Gasteiger partial charge in [-0.3, -0.25) is 14.9 Å². The smallest absolute Gasteiger partial charge is 0.336 e. The number of benzene rings is 4. The summed E-state index contributed by atoms with van der Waals surface area (Å²) in [5.74, 6) is -0.155. The highest BCUT2D eigenvalue weighted by atomic mass is 79.9. The topological polar surface area (TPSA) is 117 Å². The number of esters is 1. The number of para-hydroxylation sites is 1. The molecule has 0 amide bonds. The van der Waals surface area contributed by atoms with Crippen molar-refractivity contribution in [1.29, 1.82) is 0 Å². The van der Waals surface area contributed by atoms with Gasteiger partial charge in [-0.1, -0.05) is 58.4 Å². The predicted molar refractivity (Wildman–Crippen MR) is 164 cm³/mol. The molecule has 5 rings (SSSR count). The van der Waals surface area contributed by atoms with Crippen molar-refractivity contribution in [3.05, 3.63) is 138 Å². The first-order chi connectivity index (χ1) is 19.8. The fourth-order valence-electron chi connectivity index (χ4n) is 3.91. The number of carbonyl (C=O) groups excluding carboxylic acids is 1. The van der Waals surface area contributed by atoms with E-state index in [-0.39, 0.29) is 17.0 Å². The highest BCUT2D eigenvalue weighted by Gasteiger charge is 2.15. The van der Waals surface area contributed by atoms with E-state index in [0.29, 0.717) is 42.4 Å². The molecule has 0 atom stereocenters. The second-order valence-corrected chi connectivity index (χ2v) is 10.4. The zero-order valence-corrected chi connectivity index (χ0v) is 24.2. The van der Waals surface area contributed by atoms with Gasteiger partial charge in [-0.2, -0.15) is 9.78 Å². The highest BCUT2D eigenvalue weighted by molar-refractivity contribution is 9.11. The van der Waals surface area contributed by atoms with Crippen molar-refractivity contribution >= 4 is 66.7 Å². The van der Waals surface area contributed by atoms with E-state index in [9.17, 15) is 19.7 Å². The summed E-state index contributed by atoms with van der Waals surface area (Å²) in [5.41, 5.74) is 1.82. The van der Waals surface area contributed by atoms with E-state index >= 15 is 0 Å². The van der Waals surface area contributed by atoms with Gasteiger partial charge in [-0.15, -0.1) is 0 Å². The Kier molecular flexibility index (Phi) is 8.27. The first-order valence-corrected chi connectivity index (χ1v) is 13.6. The van der Waals surface area contributed by atoms with E-state index in [1.54, 1.807) is 30.3 Å². The van der Waals surface area contributed by atoms with E-state index < -0.39 is 10.9 Å². The van der Waals surface area contributed by atoms with Crippen LogP contribution in [0.15, 0.2) is 116 Å². The lowest BCUT2D eigenvalue weighted by Gasteiger charge is -2.11. The van der Waals surface area contributed by atoms with E-state index in [1.165, 1.54) is 47.3 Å². The van der Waals surface area contributed by atoms with E-state index in [0.717, 1.165) is 0 Å². The van der Waals surface area contributed by atoms with Gasteiger partial charge in [0.25, 0.3) is 11.2 Å². The lowest BCUT2D eigenvalue weighted by atomic mass is 10.2. The molecule has 0 saturated carbocycles. The number of nitrogens with zero attached hydrogens (tertiary/aromatic N) is 4. The van der Waals surface area contributed by atoms with Crippen molar-refractivity contribution in [2.75, 3.05) is 0 Å². The summed E-state index contributed by atoms with van der Waals surface area (Å²) >= 11 is 6.87. The average molecular weight is 674 g/mol. The monoisotopic (exact) mass is 672 g/mol. The molecular weight excluding hydrogens is 656 g/mol. The van der Waals surface area contributed by atoms with Crippen LogP contribution in [0.1, 0.15) is 11.1 Å². The fourth-order valence-corrected chi connectivity index (χ4v) is 5.25. The van der Waals surface area contributed by atoms with Crippen LogP contribution in [0.25, 0.3) is 28.4 Å². The molecule has 0 aliphatic rings. The van der Waals surface area contributed by atoms with Gasteiger partial charge in [0.2, 0.25) is 0 Å². The third-order valence-corrected chi connectivity index (χ3v) is 6.90. The van der Waals surface area contributed by atoms with Gasteiger partial charge in [-0.25, -0.2) is 9.78 Å². The van der Waals surface area contributed by atoms with Crippen LogP contribution in [-0.2, 0) is 4.79 Å². The van der Waals surface area contributed by atoms with Gasteiger partial charge in [0.15, 0.2) is 11.6 Å². The van der Waals surface area contributed by atoms with Crippen LogP contribution in [0.3, 0.4) is 0 Å². The molecule has 5 aromatic rings. The van der Waals surface area contributed by atoms with E-state index in [1.807, 2.05) is 36.4 Å². The number of fused-ring (bicyclic) bond motifs is 1. The Morgan fingerprint density at radius 1 is 0.976 bits per heavy atom. The Hall–Kier alpha value is -4.74. The molecule has 0 radical (unpaired) electrons. The second-order valence-electron chi connectivity index (χ2n) is 8.59. The van der Waals surface area contributed by atoms with E-state index in [4.69, 9.17) is 9.72 Å². The minimum Gasteiger partial charge on any atom is -0.421 e. The molecule has 1 heterocycles. The molecule has 0 spiro atoms. The van der Waals surface area contributed by atoms with Crippen LogP contribution in [0.5, 0.6) is 5.75 Å². The van der Waals surface area contributed by atoms with Crippen molar-refractivity contribution < 1.29 is 14.5 Å². The average Bonchev–Trinajstić information content (AvgIpc) is 2.97. The molecule has 4 aromatic carbocycles. The number of non-ortho nitro benzene ring substituents is 1. The molecule has 1 aromatic heterocycles. The molecule has 0 unspecified atom stereocenters. The lowest BCUT2D eigenvalue weighted by Crippen LogP contribution is -2.20. The number of hydrogen-bond acceptors (Lipinski definition) is 7. The Balaban J connectivity index is 1.50. The summed E-state index contributed by atoms with van der Waals surface area (Å²) in [6.45, 7) is 0. The molecule has 11 heteroatoms. The van der Waals surface area contributed by atoms with Crippen LogP contribution >= 0.6 is 31.9 Å². The molecule has 0 N–H and O–H groups in total. The summed E-state index contributed by atoms with van der Waals surface area (Å²) in [5, 5.41) is 15.7. The number of rotatable bonds is 7. The number of halogens is 2. The molecule has 0 bridgehead atoms. The van der Waals surface area contributed by atoms with Gasteiger partial charge < -0.3 is 4.74 Å². The summed E-state index contributed by atoms with van der Waals surface area (Å²) in [6, 6.07) is 25.4. The van der Waals surface area contributed by atoms with Crippen LogP contribution in [-0.4, -0.2) is 26.8 Å². The van der Waals surface area contributed by atoms with Crippen LogP contribution in [0, 0.1) is 10.1 Å². The van der Waals surface area contributed by atoms with Gasteiger partial charge >= 0.3 is 5.97 Å². The Morgan fingerprint density at radius 2 is 1.68 bits per heavy atom. The molecule has 41 heavy (non-hydrogen) atoms. The third-order valence-electron chi connectivity index (χ3n) is 5.85. The van der Waals surface area contributed by atoms with Crippen LogP contribution in [0.2, 0.25) is 0 Å². The maximum atomic E-state index is 13.5. The first-order valence-electron chi connectivity index (χ1n) is 12.0. The Labute approximate surface area is 249 Å². The molecule has 0 fully saturated rings. The van der Waals surface area contributed by atoms with Gasteiger partial charge in [-0.05, 0) is 64.0 Å². The first kappa shape index (κ1) is 27.8. The van der Waals surface area contributed by atoms with Gasteiger partial charge in [0, 0.05) is 33.8 Å². The zero-order valence-electron chi connectivity index (χ0n) is 21.0. The largest absolute Gasteiger partial charge is 0.421 e. The normalized spacial score (nSPS) is 11.4. The summed E-state index contributed by atoms with van der Waals surface area (Å²) < 4.78 is 7.99. The van der Waals surface area contributed by atoms with Crippen molar-refractivity contribution in [2.24, 2.45) is 5.10 Å². The zero-order chi connectivity index (χ0) is 28.9. The van der Waals surface area contributed by atoms with Gasteiger partial charge in [0.05, 0.1) is 26.5 Å². The molecular formula is C30H18Br2N4O5. The van der Waals surface area contributed by atoms with E-state index in [2.05, 4.69) is 37.0 Å². The minimum atomic E-state index is -0.685. The molecule has 9 nitrogen and oxygen atoms in total.